The first-order valence-electron chi connectivity index (χ1n) is 9.70. The number of esters is 2. The minimum atomic E-state index is -4.00. The van der Waals surface area contributed by atoms with E-state index in [1.807, 2.05) is 0 Å². The summed E-state index contributed by atoms with van der Waals surface area (Å²) in [5.41, 5.74) is -1.20. The molecule has 3 rings (SSSR count). The van der Waals surface area contributed by atoms with Gasteiger partial charge in [0, 0.05) is 24.3 Å². The fourth-order valence-corrected chi connectivity index (χ4v) is 6.73. The minimum absolute atomic E-state index is 0.0543. The van der Waals surface area contributed by atoms with Crippen LogP contribution in [0.2, 0.25) is 0 Å². The third-order valence-corrected chi connectivity index (χ3v) is 8.17. The van der Waals surface area contributed by atoms with Crippen LogP contribution in [0.3, 0.4) is 0 Å². The second kappa shape index (κ2) is 8.69. The molecule has 0 spiro atoms. The van der Waals surface area contributed by atoms with E-state index in [0.29, 0.717) is 13.0 Å². The lowest BCUT2D eigenvalue weighted by molar-refractivity contribution is -0.144. The van der Waals surface area contributed by atoms with Crippen LogP contribution >= 0.6 is 0 Å². The van der Waals surface area contributed by atoms with Crippen LogP contribution in [-0.4, -0.2) is 52.3 Å². The molecule has 1 N–H and O–H groups in total. The standard InChI is InChI=1S/C21H25NO7S/c1-28-18(24)10-12-21-16(15(19(25)29-2)8-9-17(21)23)11-13-22-20(21)30(26,27)14-6-4-3-5-7-14/h3-8,16,20,22H,9-13H2,1-2H3/t16-,20?,21-/m0/s1. The van der Waals surface area contributed by atoms with Crippen molar-refractivity contribution in [3.63, 3.8) is 0 Å². The molecule has 1 aliphatic heterocycles. The predicted octanol–water partition coefficient (Wildman–Crippen LogP) is 1.41. The molecule has 1 heterocycles. The molecule has 1 aromatic carbocycles. The number of piperidine rings is 1. The SMILES string of the molecule is COC(=O)CC[C@@]12C(=O)CC=C(C(=O)OC)[C@@H]1CCNC2S(=O)(=O)c1ccccc1. The van der Waals surface area contributed by atoms with E-state index in [4.69, 9.17) is 9.47 Å². The number of hydrogen-bond donors (Lipinski definition) is 1. The maximum Gasteiger partial charge on any atom is 0.333 e. The van der Waals surface area contributed by atoms with Gasteiger partial charge in [0.15, 0.2) is 9.84 Å². The second-order valence-electron chi connectivity index (χ2n) is 7.43. The Bertz CT molecular complexity index is 970. The Morgan fingerprint density at radius 1 is 1.17 bits per heavy atom. The lowest BCUT2D eigenvalue weighted by atomic mass is 9.60. The summed E-state index contributed by atoms with van der Waals surface area (Å²) in [6, 6.07) is 7.86. The van der Waals surface area contributed by atoms with Gasteiger partial charge in [0.2, 0.25) is 0 Å². The zero-order chi connectivity index (χ0) is 21.9. The van der Waals surface area contributed by atoms with E-state index in [1.165, 1.54) is 32.4 Å². The topological polar surface area (TPSA) is 116 Å². The molecular formula is C21H25NO7S. The molecule has 1 aliphatic carbocycles. The van der Waals surface area contributed by atoms with Crippen molar-refractivity contribution >= 4 is 27.6 Å². The van der Waals surface area contributed by atoms with Crippen molar-refractivity contribution in [3.05, 3.63) is 42.0 Å². The Kier molecular flexibility index (Phi) is 6.42. The molecule has 2 aliphatic rings. The average Bonchev–Trinajstić information content (AvgIpc) is 2.77. The van der Waals surface area contributed by atoms with Crippen molar-refractivity contribution in [1.82, 2.24) is 5.32 Å². The first-order valence-corrected chi connectivity index (χ1v) is 11.2. The summed E-state index contributed by atoms with van der Waals surface area (Å²) >= 11 is 0. The van der Waals surface area contributed by atoms with Crippen molar-refractivity contribution in [2.45, 2.75) is 36.0 Å². The summed E-state index contributed by atoms with van der Waals surface area (Å²) in [4.78, 5) is 37.8. The highest BCUT2D eigenvalue weighted by atomic mass is 32.2. The number of carbonyl (C=O) groups is 3. The maximum atomic E-state index is 13.6. The van der Waals surface area contributed by atoms with Gasteiger partial charge in [-0.25, -0.2) is 13.2 Å². The second-order valence-corrected chi connectivity index (χ2v) is 9.46. The predicted molar refractivity (Wildman–Crippen MR) is 107 cm³/mol. The van der Waals surface area contributed by atoms with Gasteiger partial charge in [-0.1, -0.05) is 24.3 Å². The lowest BCUT2D eigenvalue weighted by Crippen LogP contribution is -2.63. The van der Waals surface area contributed by atoms with Crippen molar-refractivity contribution in [3.8, 4) is 0 Å². The van der Waals surface area contributed by atoms with Crippen LogP contribution < -0.4 is 5.32 Å². The summed E-state index contributed by atoms with van der Waals surface area (Å²) in [6.45, 7) is 0.295. The first kappa shape index (κ1) is 22.2. The van der Waals surface area contributed by atoms with Crippen LogP contribution in [0.5, 0.6) is 0 Å². The maximum absolute atomic E-state index is 13.6. The van der Waals surface area contributed by atoms with Crippen LogP contribution in [0.15, 0.2) is 46.9 Å². The molecule has 0 amide bonds. The van der Waals surface area contributed by atoms with Crippen molar-refractivity contribution in [2.75, 3.05) is 20.8 Å². The number of ketones is 1. The lowest BCUT2D eigenvalue weighted by Gasteiger charge is -2.50. The Balaban J connectivity index is 2.16. The summed E-state index contributed by atoms with van der Waals surface area (Å²) in [6.07, 6.45) is 1.59. The fraction of sp³-hybridized carbons (Fsp3) is 0.476. The number of carbonyl (C=O) groups excluding carboxylic acids is 3. The molecular weight excluding hydrogens is 410 g/mol. The number of benzene rings is 1. The number of allylic oxidation sites excluding steroid dienone is 1. The van der Waals surface area contributed by atoms with Gasteiger partial charge in [-0.2, -0.15) is 0 Å². The molecule has 8 nitrogen and oxygen atoms in total. The smallest absolute Gasteiger partial charge is 0.333 e. The number of methoxy groups -OCH3 is 2. The van der Waals surface area contributed by atoms with Crippen LogP contribution in [0.4, 0.5) is 0 Å². The molecule has 3 atom stereocenters. The number of sulfone groups is 1. The molecule has 30 heavy (non-hydrogen) atoms. The summed E-state index contributed by atoms with van der Waals surface area (Å²) in [5, 5.41) is 1.73. The van der Waals surface area contributed by atoms with E-state index >= 15 is 0 Å². The van der Waals surface area contributed by atoms with E-state index < -0.39 is 38.5 Å². The Morgan fingerprint density at radius 2 is 1.87 bits per heavy atom. The van der Waals surface area contributed by atoms with E-state index in [1.54, 1.807) is 18.2 Å². The molecule has 162 valence electrons. The molecule has 9 heteroatoms. The Morgan fingerprint density at radius 3 is 2.50 bits per heavy atom. The molecule has 0 saturated carbocycles. The summed E-state index contributed by atoms with van der Waals surface area (Å²) in [7, 11) is -1.52. The first-order chi connectivity index (χ1) is 14.3. The van der Waals surface area contributed by atoms with Crippen LogP contribution in [-0.2, 0) is 33.7 Å². The molecule has 1 aromatic rings. The van der Waals surface area contributed by atoms with E-state index in [9.17, 15) is 22.8 Å². The average molecular weight is 435 g/mol. The zero-order valence-electron chi connectivity index (χ0n) is 16.9. The number of ether oxygens (including phenoxy) is 2. The number of hydrogen-bond acceptors (Lipinski definition) is 8. The third kappa shape index (κ3) is 3.67. The van der Waals surface area contributed by atoms with Gasteiger partial charge in [0.1, 0.15) is 11.2 Å². The van der Waals surface area contributed by atoms with Crippen molar-refractivity contribution in [1.29, 1.82) is 0 Å². The summed E-state index contributed by atoms with van der Waals surface area (Å²) in [5.74, 6) is -2.14. The molecule has 0 radical (unpaired) electrons. The van der Waals surface area contributed by atoms with Crippen LogP contribution in [0.1, 0.15) is 25.7 Å². The van der Waals surface area contributed by atoms with Gasteiger partial charge < -0.3 is 9.47 Å². The third-order valence-electron chi connectivity index (χ3n) is 6.03. The van der Waals surface area contributed by atoms with Gasteiger partial charge in [0.25, 0.3) is 0 Å². The Labute approximate surface area is 175 Å². The van der Waals surface area contributed by atoms with Crippen molar-refractivity contribution < 1.29 is 32.3 Å². The normalized spacial score (nSPS) is 26.3. The molecule has 1 unspecified atom stereocenters. The number of rotatable bonds is 6. The number of Topliss-reactive ketones (excluding diaryl/α,β-unsaturated/α-hetero) is 1. The number of fused-ring (bicyclic) bond motifs is 1. The highest BCUT2D eigenvalue weighted by molar-refractivity contribution is 7.92. The van der Waals surface area contributed by atoms with Crippen molar-refractivity contribution in [2.24, 2.45) is 11.3 Å². The highest BCUT2D eigenvalue weighted by Gasteiger charge is 2.60. The largest absolute Gasteiger partial charge is 0.469 e. The minimum Gasteiger partial charge on any atom is -0.469 e. The number of nitrogens with one attached hydrogen (secondary N) is 1. The zero-order valence-corrected chi connectivity index (χ0v) is 17.7. The van der Waals surface area contributed by atoms with E-state index in [-0.39, 0.29) is 35.5 Å². The summed E-state index contributed by atoms with van der Waals surface area (Å²) < 4.78 is 36.8. The quantitative estimate of drug-likeness (QED) is 0.667. The van der Waals surface area contributed by atoms with Gasteiger partial charge in [-0.3, -0.25) is 14.9 Å². The Hall–Kier alpha value is -2.52. The molecule has 1 saturated heterocycles. The van der Waals surface area contributed by atoms with E-state index in [2.05, 4.69) is 5.32 Å². The molecule has 1 fully saturated rings. The van der Waals surface area contributed by atoms with Gasteiger partial charge >= 0.3 is 11.9 Å². The van der Waals surface area contributed by atoms with Gasteiger partial charge in [-0.05, 0) is 31.5 Å². The van der Waals surface area contributed by atoms with Crippen LogP contribution in [0.25, 0.3) is 0 Å². The highest BCUT2D eigenvalue weighted by Crippen LogP contribution is 2.51. The van der Waals surface area contributed by atoms with E-state index in [0.717, 1.165) is 0 Å². The molecule has 0 aromatic heterocycles. The van der Waals surface area contributed by atoms with Crippen LogP contribution in [0, 0.1) is 11.3 Å². The molecule has 0 bridgehead atoms. The van der Waals surface area contributed by atoms with Gasteiger partial charge in [-0.15, -0.1) is 0 Å². The monoisotopic (exact) mass is 435 g/mol. The van der Waals surface area contributed by atoms with Gasteiger partial charge in [0.05, 0.1) is 24.5 Å². The fourth-order valence-electron chi connectivity index (χ4n) is 4.62.